The van der Waals surface area contributed by atoms with Crippen molar-refractivity contribution in [2.75, 3.05) is 16.8 Å². The Hall–Kier alpha value is -2.25. The Bertz CT molecular complexity index is 902. The smallest absolute Gasteiger partial charge is 0.326 e. The minimum atomic E-state index is -4.51. The van der Waals surface area contributed by atoms with Crippen molar-refractivity contribution in [3.05, 3.63) is 58.1 Å². The predicted molar refractivity (Wildman–Crippen MR) is 97.0 cm³/mol. The summed E-state index contributed by atoms with van der Waals surface area (Å²) < 4.78 is 38.3. The lowest BCUT2D eigenvalue weighted by Gasteiger charge is -2.18. The molecular weight excluding hydrogens is 404 g/mol. The molecule has 0 aliphatic carbocycles. The summed E-state index contributed by atoms with van der Waals surface area (Å²) in [6.07, 6.45) is -4.59. The van der Waals surface area contributed by atoms with Crippen molar-refractivity contribution in [1.82, 2.24) is 0 Å². The van der Waals surface area contributed by atoms with E-state index >= 15 is 0 Å². The van der Waals surface area contributed by atoms with Crippen molar-refractivity contribution in [2.24, 2.45) is 5.92 Å². The largest absolute Gasteiger partial charge is 0.416 e. The molecule has 3 rings (SSSR count). The number of halogens is 5. The Balaban J connectivity index is 1.74. The van der Waals surface area contributed by atoms with Crippen molar-refractivity contribution in [3.8, 4) is 0 Å². The first kappa shape index (κ1) is 19.5. The summed E-state index contributed by atoms with van der Waals surface area (Å²) in [5.41, 5.74) is -0.458. The molecule has 0 radical (unpaired) electrons. The maximum Gasteiger partial charge on any atom is 0.416 e. The second-order valence-electron chi connectivity index (χ2n) is 6.07. The molecule has 2 aromatic carbocycles. The Morgan fingerprint density at radius 3 is 2.59 bits per heavy atom. The van der Waals surface area contributed by atoms with E-state index in [0.29, 0.717) is 15.7 Å². The third-order valence-electron chi connectivity index (χ3n) is 4.15. The van der Waals surface area contributed by atoms with Gasteiger partial charge in [-0.1, -0.05) is 29.3 Å². The number of amides is 2. The standard InChI is InChI=1S/C18H13Cl2F3N2O2/c19-12-4-5-14(20)15(8-12)25-9-10(6-16(25)26)17(27)24-13-3-1-2-11(7-13)18(21,22)23/h1-5,7-8,10H,6,9H2,(H,24,27)/t10-/m1/s1. The molecule has 0 aromatic heterocycles. The summed E-state index contributed by atoms with van der Waals surface area (Å²) in [5, 5.41) is 3.14. The van der Waals surface area contributed by atoms with Crippen molar-refractivity contribution >= 4 is 46.4 Å². The average molecular weight is 417 g/mol. The molecule has 1 heterocycles. The van der Waals surface area contributed by atoms with Crippen molar-refractivity contribution in [1.29, 1.82) is 0 Å². The van der Waals surface area contributed by atoms with E-state index in [1.807, 2.05) is 0 Å². The summed E-state index contributed by atoms with van der Waals surface area (Å²) in [7, 11) is 0. The number of nitrogens with zero attached hydrogens (tertiary/aromatic N) is 1. The number of benzene rings is 2. The highest BCUT2D eigenvalue weighted by atomic mass is 35.5. The molecule has 1 N–H and O–H groups in total. The average Bonchev–Trinajstić information content (AvgIpc) is 2.98. The van der Waals surface area contributed by atoms with E-state index < -0.39 is 23.6 Å². The van der Waals surface area contributed by atoms with E-state index in [2.05, 4.69) is 5.32 Å². The normalized spacial score (nSPS) is 17.3. The molecule has 0 spiro atoms. The van der Waals surface area contributed by atoms with Crippen LogP contribution < -0.4 is 10.2 Å². The summed E-state index contributed by atoms with van der Waals surface area (Å²) in [4.78, 5) is 26.1. The Labute approximate surface area is 162 Å². The van der Waals surface area contributed by atoms with Crippen LogP contribution in [0.15, 0.2) is 42.5 Å². The van der Waals surface area contributed by atoms with Gasteiger partial charge in [0.1, 0.15) is 0 Å². The Kier molecular flexibility index (Phi) is 5.35. The zero-order chi connectivity index (χ0) is 19.8. The number of hydrogen-bond donors (Lipinski definition) is 1. The number of anilines is 2. The first-order chi connectivity index (χ1) is 12.6. The highest BCUT2D eigenvalue weighted by Gasteiger charge is 2.36. The van der Waals surface area contributed by atoms with Gasteiger partial charge in [-0.3, -0.25) is 9.59 Å². The summed E-state index contributed by atoms with van der Waals surface area (Å²) >= 11 is 12.0. The first-order valence-electron chi connectivity index (χ1n) is 7.88. The van der Waals surface area contributed by atoms with Crippen LogP contribution in [0, 0.1) is 5.92 Å². The fourth-order valence-electron chi connectivity index (χ4n) is 2.83. The minimum absolute atomic E-state index is 0.0153. The van der Waals surface area contributed by atoms with Gasteiger partial charge in [-0.25, -0.2) is 0 Å². The number of carbonyl (C=O) groups is 2. The lowest BCUT2D eigenvalue weighted by atomic mass is 10.1. The second-order valence-corrected chi connectivity index (χ2v) is 6.91. The van der Waals surface area contributed by atoms with Gasteiger partial charge in [0.2, 0.25) is 11.8 Å². The van der Waals surface area contributed by atoms with Crippen molar-refractivity contribution in [2.45, 2.75) is 12.6 Å². The van der Waals surface area contributed by atoms with Gasteiger partial charge in [-0.15, -0.1) is 0 Å². The van der Waals surface area contributed by atoms with Gasteiger partial charge < -0.3 is 10.2 Å². The van der Waals surface area contributed by atoms with Gasteiger partial charge in [-0.2, -0.15) is 13.2 Å². The summed E-state index contributed by atoms with van der Waals surface area (Å²) in [6.45, 7) is 0.0592. The fourth-order valence-corrected chi connectivity index (χ4v) is 3.21. The van der Waals surface area contributed by atoms with Crippen molar-refractivity contribution < 1.29 is 22.8 Å². The first-order valence-corrected chi connectivity index (χ1v) is 8.64. The second kappa shape index (κ2) is 7.40. The Morgan fingerprint density at radius 2 is 1.89 bits per heavy atom. The molecular formula is C18H13Cl2F3N2O2. The molecule has 1 aliphatic rings. The van der Waals surface area contributed by atoms with Gasteiger partial charge in [0.15, 0.2) is 0 Å². The quantitative estimate of drug-likeness (QED) is 0.764. The number of alkyl halides is 3. The Morgan fingerprint density at radius 1 is 1.15 bits per heavy atom. The molecule has 1 saturated heterocycles. The lowest BCUT2D eigenvalue weighted by Crippen LogP contribution is -2.28. The van der Waals surface area contributed by atoms with Crippen LogP contribution in [0.4, 0.5) is 24.5 Å². The van der Waals surface area contributed by atoms with Crippen LogP contribution in [-0.2, 0) is 15.8 Å². The van der Waals surface area contributed by atoms with Crippen LogP contribution in [0.25, 0.3) is 0 Å². The van der Waals surface area contributed by atoms with Crippen LogP contribution >= 0.6 is 23.2 Å². The van der Waals surface area contributed by atoms with Gasteiger partial charge in [0.05, 0.1) is 22.2 Å². The molecule has 2 aromatic rings. The van der Waals surface area contributed by atoms with E-state index in [4.69, 9.17) is 23.2 Å². The molecule has 1 fully saturated rings. The highest BCUT2D eigenvalue weighted by Crippen LogP contribution is 2.34. The van der Waals surface area contributed by atoms with Crippen LogP contribution in [0.1, 0.15) is 12.0 Å². The minimum Gasteiger partial charge on any atom is -0.326 e. The van der Waals surface area contributed by atoms with E-state index in [-0.39, 0.29) is 24.6 Å². The van der Waals surface area contributed by atoms with E-state index in [0.717, 1.165) is 12.1 Å². The van der Waals surface area contributed by atoms with Crippen LogP contribution in [0.2, 0.25) is 10.0 Å². The topological polar surface area (TPSA) is 49.4 Å². The molecule has 27 heavy (non-hydrogen) atoms. The third-order valence-corrected chi connectivity index (χ3v) is 4.71. The summed E-state index contributed by atoms with van der Waals surface area (Å²) in [6, 6.07) is 8.97. The zero-order valence-corrected chi connectivity index (χ0v) is 15.2. The number of carbonyl (C=O) groups excluding carboxylic acids is 2. The predicted octanol–water partition coefficient (Wildman–Crippen LogP) is 5.00. The molecule has 1 aliphatic heterocycles. The van der Waals surface area contributed by atoms with Crippen LogP contribution in [-0.4, -0.2) is 18.4 Å². The van der Waals surface area contributed by atoms with Gasteiger partial charge in [0, 0.05) is 23.7 Å². The van der Waals surface area contributed by atoms with Crippen LogP contribution in [0.3, 0.4) is 0 Å². The van der Waals surface area contributed by atoms with Gasteiger partial charge in [0.25, 0.3) is 0 Å². The maximum atomic E-state index is 12.8. The van der Waals surface area contributed by atoms with E-state index in [9.17, 15) is 22.8 Å². The molecule has 142 valence electrons. The van der Waals surface area contributed by atoms with Gasteiger partial charge in [-0.05, 0) is 36.4 Å². The molecule has 0 unspecified atom stereocenters. The zero-order valence-electron chi connectivity index (χ0n) is 13.7. The molecule has 9 heteroatoms. The van der Waals surface area contributed by atoms with Crippen LogP contribution in [0.5, 0.6) is 0 Å². The molecule has 0 bridgehead atoms. The van der Waals surface area contributed by atoms with Crippen molar-refractivity contribution in [3.63, 3.8) is 0 Å². The fraction of sp³-hybridized carbons (Fsp3) is 0.222. The molecule has 2 amide bonds. The van der Waals surface area contributed by atoms with E-state index in [1.54, 1.807) is 12.1 Å². The molecule has 1 atom stereocenters. The lowest BCUT2D eigenvalue weighted by molar-refractivity contribution is -0.137. The highest BCUT2D eigenvalue weighted by molar-refractivity contribution is 6.36. The number of nitrogens with one attached hydrogen (secondary N) is 1. The third kappa shape index (κ3) is 4.36. The summed E-state index contributed by atoms with van der Waals surface area (Å²) in [5.74, 6) is -1.58. The maximum absolute atomic E-state index is 12.8. The number of rotatable bonds is 3. The van der Waals surface area contributed by atoms with E-state index in [1.165, 1.54) is 23.1 Å². The number of hydrogen-bond acceptors (Lipinski definition) is 2. The SMILES string of the molecule is O=C(Nc1cccc(C(F)(F)F)c1)[C@@H]1CC(=O)N(c2cc(Cl)ccc2Cl)C1. The monoisotopic (exact) mass is 416 g/mol. The molecule has 0 saturated carbocycles. The molecule has 4 nitrogen and oxygen atoms in total. The van der Waals surface area contributed by atoms with Gasteiger partial charge >= 0.3 is 6.18 Å².